The Kier molecular flexibility index (Phi) is 5.98. The number of hydrogen-bond acceptors (Lipinski definition) is 4. The third-order valence-corrected chi connectivity index (χ3v) is 4.06. The number of hydrogen-bond donors (Lipinski definition) is 2. The summed E-state index contributed by atoms with van der Waals surface area (Å²) in [4.78, 5) is 12.1. The SMILES string of the molecule is CC(C)Oc1ccc(CCNCc2cc(C(N)=O)cs2)cc1. The number of nitrogens with one attached hydrogen (secondary N) is 1. The molecular formula is C17H22N2O2S. The number of ether oxygens (including phenoxy) is 1. The summed E-state index contributed by atoms with van der Waals surface area (Å²) in [7, 11) is 0. The monoisotopic (exact) mass is 318 g/mol. The fourth-order valence-corrected chi connectivity index (χ4v) is 2.90. The van der Waals surface area contributed by atoms with Gasteiger partial charge in [-0.1, -0.05) is 12.1 Å². The second-order valence-corrected chi connectivity index (χ2v) is 6.40. The second-order valence-electron chi connectivity index (χ2n) is 5.40. The topological polar surface area (TPSA) is 64.3 Å². The molecule has 0 aliphatic rings. The molecule has 3 N–H and O–H groups in total. The molecule has 0 spiro atoms. The lowest BCUT2D eigenvalue weighted by molar-refractivity contribution is 0.100. The number of rotatable bonds is 8. The fourth-order valence-electron chi connectivity index (χ4n) is 2.05. The molecule has 22 heavy (non-hydrogen) atoms. The predicted molar refractivity (Wildman–Crippen MR) is 90.5 cm³/mol. The van der Waals surface area contributed by atoms with E-state index in [-0.39, 0.29) is 12.0 Å². The fraction of sp³-hybridized carbons (Fsp3) is 0.353. The van der Waals surface area contributed by atoms with Gasteiger partial charge in [-0.2, -0.15) is 0 Å². The zero-order valence-electron chi connectivity index (χ0n) is 13.0. The van der Waals surface area contributed by atoms with Gasteiger partial charge in [-0.05, 0) is 50.6 Å². The van der Waals surface area contributed by atoms with Crippen molar-refractivity contribution in [2.75, 3.05) is 6.54 Å². The number of thiophene rings is 1. The van der Waals surface area contributed by atoms with Crippen molar-refractivity contribution in [3.05, 3.63) is 51.7 Å². The van der Waals surface area contributed by atoms with E-state index in [2.05, 4.69) is 17.4 Å². The lowest BCUT2D eigenvalue weighted by atomic mass is 10.1. The number of benzene rings is 1. The van der Waals surface area contributed by atoms with Gasteiger partial charge in [-0.15, -0.1) is 11.3 Å². The van der Waals surface area contributed by atoms with Gasteiger partial charge in [-0.25, -0.2) is 0 Å². The van der Waals surface area contributed by atoms with Crippen LogP contribution in [0.15, 0.2) is 35.7 Å². The first-order valence-electron chi connectivity index (χ1n) is 7.38. The minimum atomic E-state index is -0.369. The zero-order chi connectivity index (χ0) is 15.9. The average molecular weight is 318 g/mol. The van der Waals surface area contributed by atoms with Gasteiger partial charge in [0.05, 0.1) is 11.7 Å². The minimum absolute atomic E-state index is 0.198. The molecule has 0 aliphatic carbocycles. The summed E-state index contributed by atoms with van der Waals surface area (Å²) in [6.07, 6.45) is 1.15. The predicted octanol–water partition coefficient (Wildman–Crippen LogP) is 2.97. The number of carbonyl (C=O) groups excluding carboxylic acids is 1. The molecule has 2 aromatic rings. The normalized spacial score (nSPS) is 10.9. The molecule has 4 nitrogen and oxygen atoms in total. The number of amides is 1. The van der Waals surface area contributed by atoms with Crippen molar-refractivity contribution in [3.63, 3.8) is 0 Å². The molecule has 0 radical (unpaired) electrons. The van der Waals surface area contributed by atoms with Crippen molar-refractivity contribution in [3.8, 4) is 5.75 Å². The molecule has 5 heteroatoms. The van der Waals surface area contributed by atoms with Crippen LogP contribution in [-0.2, 0) is 13.0 Å². The van der Waals surface area contributed by atoms with Crippen LogP contribution in [0.25, 0.3) is 0 Å². The van der Waals surface area contributed by atoms with E-state index in [9.17, 15) is 4.79 Å². The summed E-state index contributed by atoms with van der Waals surface area (Å²) >= 11 is 1.55. The van der Waals surface area contributed by atoms with Gasteiger partial charge in [0.15, 0.2) is 0 Å². The Labute approximate surface area is 135 Å². The Morgan fingerprint density at radius 1 is 1.32 bits per heavy atom. The summed E-state index contributed by atoms with van der Waals surface area (Å²) < 4.78 is 5.62. The second kappa shape index (κ2) is 7.96. The molecule has 0 unspecified atom stereocenters. The van der Waals surface area contributed by atoms with Crippen molar-refractivity contribution >= 4 is 17.2 Å². The van der Waals surface area contributed by atoms with E-state index in [0.717, 1.165) is 30.1 Å². The first kappa shape index (κ1) is 16.5. The van der Waals surface area contributed by atoms with E-state index < -0.39 is 0 Å². The summed E-state index contributed by atoms with van der Waals surface area (Å²) in [6.45, 7) is 5.68. The van der Waals surface area contributed by atoms with Crippen molar-refractivity contribution < 1.29 is 9.53 Å². The van der Waals surface area contributed by atoms with Gasteiger partial charge in [0.2, 0.25) is 5.91 Å². The third kappa shape index (κ3) is 5.16. The van der Waals surface area contributed by atoms with E-state index in [1.807, 2.05) is 32.0 Å². The highest BCUT2D eigenvalue weighted by Gasteiger charge is 2.04. The van der Waals surface area contributed by atoms with Crippen molar-refractivity contribution in [1.29, 1.82) is 0 Å². The van der Waals surface area contributed by atoms with Gasteiger partial charge in [-0.3, -0.25) is 4.79 Å². The first-order valence-corrected chi connectivity index (χ1v) is 8.26. The molecule has 0 fully saturated rings. The largest absolute Gasteiger partial charge is 0.491 e. The number of carbonyl (C=O) groups is 1. The molecule has 0 bridgehead atoms. The first-order chi connectivity index (χ1) is 10.5. The number of nitrogens with two attached hydrogens (primary N) is 1. The molecule has 2 rings (SSSR count). The van der Waals surface area contributed by atoms with E-state index in [1.54, 1.807) is 16.7 Å². The Balaban J connectivity index is 1.72. The van der Waals surface area contributed by atoms with E-state index in [4.69, 9.17) is 10.5 Å². The maximum Gasteiger partial charge on any atom is 0.249 e. The molecule has 0 atom stereocenters. The van der Waals surface area contributed by atoms with E-state index in [1.165, 1.54) is 5.56 Å². The van der Waals surface area contributed by atoms with E-state index >= 15 is 0 Å². The van der Waals surface area contributed by atoms with Crippen molar-refractivity contribution in [2.45, 2.75) is 32.9 Å². The van der Waals surface area contributed by atoms with Gasteiger partial charge in [0.25, 0.3) is 0 Å². The van der Waals surface area contributed by atoms with Crippen LogP contribution >= 0.6 is 11.3 Å². The molecule has 0 aliphatic heterocycles. The molecule has 1 amide bonds. The summed E-state index contributed by atoms with van der Waals surface area (Å²) in [5.41, 5.74) is 7.09. The average Bonchev–Trinajstić information content (AvgIpc) is 2.94. The Morgan fingerprint density at radius 3 is 2.64 bits per heavy atom. The molecule has 1 aromatic carbocycles. The van der Waals surface area contributed by atoms with Crippen LogP contribution in [0.4, 0.5) is 0 Å². The lowest BCUT2D eigenvalue weighted by Gasteiger charge is -2.10. The van der Waals surface area contributed by atoms with Crippen molar-refractivity contribution in [1.82, 2.24) is 5.32 Å². The van der Waals surface area contributed by atoms with Gasteiger partial charge in [0, 0.05) is 16.8 Å². The maximum atomic E-state index is 11.0. The van der Waals surface area contributed by atoms with Gasteiger partial charge >= 0.3 is 0 Å². The summed E-state index contributed by atoms with van der Waals surface area (Å²) in [5, 5.41) is 5.17. The van der Waals surface area contributed by atoms with Crippen LogP contribution in [0, 0.1) is 0 Å². The third-order valence-electron chi connectivity index (χ3n) is 3.12. The Bertz CT molecular complexity index is 605. The molecule has 118 valence electrons. The Morgan fingerprint density at radius 2 is 2.05 bits per heavy atom. The van der Waals surface area contributed by atoms with Crippen LogP contribution in [0.5, 0.6) is 5.75 Å². The van der Waals surface area contributed by atoms with Gasteiger partial charge in [0.1, 0.15) is 5.75 Å². The lowest BCUT2D eigenvalue weighted by Crippen LogP contribution is -2.16. The molecule has 0 saturated heterocycles. The summed E-state index contributed by atoms with van der Waals surface area (Å²) in [6, 6.07) is 10.0. The van der Waals surface area contributed by atoms with Gasteiger partial charge < -0.3 is 15.8 Å². The number of primary amides is 1. The van der Waals surface area contributed by atoms with Crippen molar-refractivity contribution in [2.24, 2.45) is 5.73 Å². The summed E-state index contributed by atoms with van der Waals surface area (Å²) in [5.74, 6) is 0.537. The van der Waals surface area contributed by atoms with Crippen LogP contribution < -0.4 is 15.8 Å². The van der Waals surface area contributed by atoms with Crippen LogP contribution in [0.2, 0.25) is 0 Å². The minimum Gasteiger partial charge on any atom is -0.491 e. The Hall–Kier alpha value is -1.85. The molecular weight excluding hydrogens is 296 g/mol. The zero-order valence-corrected chi connectivity index (χ0v) is 13.8. The van der Waals surface area contributed by atoms with Crippen LogP contribution in [-0.4, -0.2) is 18.6 Å². The quantitative estimate of drug-likeness (QED) is 0.736. The highest BCUT2D eigenvalue weighted by molar-refractivity contribution is 7.10. The van der Waals surface area contributed by atoms with E-state index in [0.29, 0.717) is 5.56 Å². The standard InChI is InChI=1S/C17H22N2O2S/c1-12(2)21-15-5-3-13(4-6-15)7-8-19-10-16-9-14(11-22-16)17(18)20/h3-6,9,11-12,19H,7-8,10H2,1-2H3,(H2,18,20). The molecule has 1 heterocycles. The van der Waals surface area contributed by atoms with Crippen LogP contribution in [0.3, 0.4) is 0 Å². The molecule has 0 saturated carbocycles. The smallest absolute Gasteiger partial charge is 0.249 e. The highest BCUT2D eigenvalue weighted by Crippen LogP contribution is 2.15. The maximum absolute atomic E-state index is 11.0. The molecule has 1 aromatic heterocycles. The highest BCUT2D eigenvalue weighted by atomic mass is 32.1. The van der Waals surface area contributed by atoms with Crippen LogP contribution in [0.1, 0.15) is 34.6 Å².